The van der Waals surface area contributed by atoms with Gasteiger partial charge in [-0.3, -0.25) is 9.59 Å². The number of carbonyl (C=O) groups excluding carboxylic acids is 2. The average Bonchev–Trinajstić information content (AvgIpc) is 3.66. The summed E-state index contributed by atoms with van der Waals surface area (Å²) in [6.07, 6.45) is 7.10. The lowest BCUT2D eigenvalue weighted by Gasteiger charge is -2.37. The van der Waals surface area contributed by atoms with Crippen LogP contribution in [0.3, 0.4) is 0 Å². The van der Waals surface area contributed by atoms with Gasteiger partial charge in [-0.25, -0.2) is 0 Å². The number of rotatable bonds is 5. The van der Waals surface area contributed by atoms with Crippen molar-refractivity contribution in [1.82, 2.24) is 5.01 Å². The molecule has 8 rings (SSSR count). The van der Waals surface area contributed by atoms with Gasteiger partial charge in [-0.15, -0.1) is 0 Å². The molecule has 4 aliphatic carbocycles. The first-order chi connectivity index (χ1) is 16.7. The molecule has 6 atom stereocenters. The van der Waals surface area contributed by atoms with E-state index in [1.54, 1.807) is 6.21 Å². The molecule has 5 heteroatoms. The molecule has 0 aromatic heterocycles. The molecule has 0 spiro atoms. The summed E-state index contributed by atoms with van der Waals surface area (Å²) in [7, 11) is 0. The predicted molar refractivity (Wildman–Crippen MR) is 129 cm³/mol. The van der Waals surface area contributed by atoms with Crippen LogP contribution in [-0.2, 0) is 16.2 Å². The monoisotopic (exact) mass is 448 g/mol. The number of ether oxygens (including phenoxy) is 1. The van der Waals surface area contributed by atoms with E-state index >= 15 is 0 Å². The molecule has 3 aromatic carbocycles. The highest BCUT2D eigenvalue weighted by Gasteiger charge is 2.67. The summed E-state index contributed by atoms with van der Waals surface area (Å²) in [5, 5.41) is 7.83. The van der Waals surface area contributed by atoms with Gasteiger partial charge in [0.25, 0.3) is 11.8 Å². The number of fused-ring (bicyclic) bond motifs is 1. The van der Waals surface area contributed by atoms with Crippen molar-refractivity contribution >= 4 is 28.8 Å². The Morgan fingerprint density at radius 1 is 0.882 bits per heavy atom. The number of benzene rings is 3. The van der Waals surface area contributed by atoms with Crippen molar-refractivity contribution in [3.63, 3.8) is 0 Å². The molecule has 3 fully saturated rings. The van der Waals surface area contributed by atoms with E-state index in [0.717, 1.165) is 22.6 Å². The van der Waals surface area contributed by atoms with Gasteiger partial charge >= 0.3 is 0 Å². The highest BCUT2D eigenvalue weighted by Crippen LogP contribution is 2.65. The van der Waals surface area contributed by atoms with Crippen LogP contribution in [-0.4, -0.2) is 23.0 Å². The maximum absolute atomic E-state index is 13.1. The minimum absolute atomic E-state index is 0.140. The molecule has 3 aromatic rings. The Labute approximate surface area is 197 Å². The Bertz CT molecular complexity index is 1350. The van der Waals surface area contributed by atoms with Gasteiger partial charge in [0.2, 0.25) is 0 Å². The lowest BCUT2D eigenvalue weighted by atomic mass is 9.63. The van der Waals surface area contributed by atoms with Crippen LogP contribution in [0.1, 0.15) is 17.5 Å². The molecule has 1 aliphatic heterocycles. The maximum atomic E-state index is 13.1. The highest BCUT2D eigenvalue weighted by molar-refractivity contribution is 6.06. The number of amides is 2. The fraction of sp³-hybridized carbons (Fsp3) is 0.276. The Morgan fingerprint density at radius 3 is 2.38 bits per heavy atom. The number of hydrogen-bond donors (Lipinski definition) is 0. The van der Waals surface area contributed by atoms with Gasteiger partial charge in [0, 0.05) is 0 Å². The molecular formula is C29H24N2O3. The van der Waals surface area contributed by atoms with E-state index in [1.165, 1.54) is 10.8 Å². The van der Waals surface area contributed by atoms with E-state index in [2.05, 4.69) is 41.5 Å². The quantitative estimate of drug-likeness (QED) is 0.320. The number of imide groups is 1. The zero-order chi connectivity index (χ0) is 22.8. The van der Waals surface area contributed by atoms with Crippen LogP contribution in [0.25, 0.3) is 10.8 Å². The smallest absolute Gasteiger partial charge is 0.254 e. The van der Waals surface area contributed by atoms with E-state index in [4.69, 9.17) is 4.74 Å². The third-order valence-electron chi connectivity index (χ3n) is 8.09. The zero-order valence-electron chi connectivity index (χ0n) is 18.6. The van der Waals surface area contributed by atoms with Crippen LogP contribution in [0, 0.1) is 35.5 Å². The second-order valence-corrected chi connectivity index (χ2v) is 9.89. The number of hydrogen-bond acceptors (Lipinski definition) is 4. The lowest BCUT2D eigenvalue weighted by Crippen LogP contribution is -2.40. The molecule has 2 bridgehead atoms. The first kappa shape index (κ1) is 19.7. The van der Waals surface area contributed by atoms with Gasteiger partial charge in [-0.05, 0) is 64.1 Å². The van der Waals surface area contributed by atoms with E-state index in [0.29, 0.717) is 24.2 Å². The summed E-state index contributed by atoms with van der Waals surface area (Å²) in [5.74, 6) is 1.59. The SMILES string of the molecule is O=C1[C@@H]2[C@H]3C=C[C@@H]([C@@H]4C[C@@H]34)[C@@H]2C(=O)N1/N=C\c1cccc(OCc2cccc3ccccc23)c1. The van der Waals surface area contributed by atoms with E-state index in [-0.39, 0.29) is 35.5 Å². The van der Waals surface area contributed by atoms with Gasteiger partial charge in [-0.2, -0.15) is 10.1 Å². The first-order valence-electron chi connectivity index (χ1n) is 12.0. The van der Waals surface area contributed by atoms with E-state index < -0.39 is 0 Å². The van der Waals surface area contributed by atoms with Crippen LogP contribution in [0.2, 0.25) is 0 Å². The Kier molecular flexibility index (Phi) is 4.28. The molecule has 0 N–H and O–H groups in total. The minimum Gasteiger partial charge on any atom is -0.489 e. The second-order valence-electron chi connectivity index (χ2n) is 9.89. The molecule has 2 amide bonds. The van der Waals surface area contributed by atoms with Crippen molar-refractivity contribution in [3.05, 3.63) is 90.0 Å². The Balaban J connectivity index is 1.08. The van der Waals surface area contributed by atoms with Gasteiger partial charge in [0.05, 0.1) is 18.1 Å². The van der Waals surface area contributed by atoms with Crippen molar-refractivity contribution in [2.45, 2.75) is 13.0 Å². The molecule has 0 radical (unpaired) electrons. The van der Waals surface area contributed by atoms with Gasteiger partial charge in [0.15, 0.2) is 0 Å². The van der Waals surface area contributed by atoms with Gasteiger partial charge < -0.3 is 4.74 Å². The fourth-order valence-corrected chi connectivity index (χ4v) is 6.44. The third-order valence-corrected chi connectivity index (χ3v) is 8.09. The molecule has 1 heterocycles. The number of carbonyl (C=O) groups is 2. The van der Waals surface area contributed by atoms with E-state index in [9.17, 15) is 9.59 Å². The number of hydrazone groups is 1. The number of allylic oxidation sites excluding steroid dienone is 2. The average molecular weight is 449 g/mol. The van der Waals surface area contributed by atoms with Crippen molar-refractivity contribution in [2.24, 2.45) is 40.6 Å². The van der Waals surface area contributed by atoms with Crippen LogP contribution in [0.15, 0.2) is 84.0 Å². The molecule has 168 valence electrons. The Morgan fingerprint density at radius 2 is 1.59 bits per heavy atom. The maximum Gasteiger partial charge on any atom is 0.254 e. The number of nitrogens with zero attached hydrogens (tertiary/aromatic N) is 2. The molecule has 2 saturated carbocycles. The standard InChI is InChI=1S/C29H24N2O3/c32-28-26-22-11-12-23(25-14-24(22)25)27(26)29(33)31(28)30-15-17-5-3-9-20(13-17)34-16-19-8-4-7-18-6-1-2-10-21(18)19/h1-13,15,22-27H,14,16H2/b30-15-/t22-,23-,24-,25-,26-,27+/m0/s1. The lowest BCUT2D eigenvalue weighted by molar-refractivity contribution is -0.140. The van der Waals surface area contributed by atoms with Crippen molar-refractivity contribution in [2.75, 3.05) is 0 Å². The zero-order valence-corrected chi connectivity index (χ0v) is 18.6. The van der Waals surface area contributed by atoms with Gasteiger partial charge in [-0.1, -0.05) is 66.7 Å². The summed E-state index contributed by atoms with van der Waals surface area (Å²) >= 11 is 0. The van der Waals surface area contributed by atoms with E-state index in [1.807, 2.05) is 42.5 Å². The second kappa shape index (κ2) is 7.39. The van der Waals surface area contributed by atoms with Crippen molar-refractivity contribution in [1.29, 1.82) is 0 Å². The largest absolute Gasteiger partial charge is 0.489 e. The third kappa shape index (κ3) is 2.96. The minimum atomic E-state index is -0.223. The van der Waals surface area contributed by atoms with Crippen LogP contribution >= 0.6 is 0 Å². The van der Waals surface area contributed by atoms with Crippen LogP contribution in [0.4, 0.5) is 0 Å². The summed E-state index contributed by atoms with van der Waals surface area (Å²) in [5.41, 5.74) is 1.91. The summed E-state index contributed by atoms with van der Waals surface area (Å²) in [6.45, 7) is 0.451. The highest BCUT2D eigenvalue weighted by atomic mass is 16.5. The Hall–Kier alpha value is -3.73. The van der Waals surface area contributed by atoms with Crippen molar-refractivity contribution < 1.29 is 14.3 Å². The molecule has 34 heavy (non-hydrogen) atoms. The van der Waals surface area contributed by atoms with Crippen LogP contribution < -0.4 is 4.74 Å². The molecule has 0 unspecified atom stereocenters. The van der Waals surface area contributed by atoms with Gasteiger partial charge in [0.1, 0.15) is 12.4 Å². The topological polar surface area (TPSA) is 59.0 Å². The normalized spacial score (nSPS) is 30.8. The summed E-state index contributed by atoms with van der Waals surface area (Å²) in [4.78, 5) is 26.2. The molecular weight excluding hydrogens is 424 g/mol. The summed E-state index contributed by atoms with van der Waals surface area (Å²) in [6, 6.07) is 22.0. The fourth-order valence-electron chi connectivity index (χ4n) is 6.44. The molecule has 1 saturated heterocycles. The first-order valence-corrected chi connectivity index (χ1v) is 12.0. The van der Waals surface area contributed by atoms with Crippen LogP contribution in [0.5, 0.6) is 5.75 Å². The molecule has 5 nitrogen and oxygen atoms in total. The summed E-state index contributed by atoms with van der Waals surface area (Å²) < 4.78 is 6.07. The van der Waals surface area contributed by atoms with Crippen molar-refractivity contribution in [3.8, 4) is 5.75 Å². The predicted octanol–water partition coefficient (Wildman–Crippen LogP) is 4.81. The molecule has 5 aliphatic rings.